The van der Waals surface area contributed by atoms with Gasteiger partial charge in [-0.15, -0.1) is 0 Å². The minimum Gasteiger partial charge on any atom is -0.501 e. The monoisotopic (exact) mass is 715 g/mol. The Kier molecular flexibility index (Phi) is 23.0. The smallest absolute Gasteiger partial charge is 0.226 e. The van der Waals surface area contributed by atoms with Gasteiger partial charge in [0.25, 0.3) is 0 Å². The van der Waals surface area contributed by atoms with Crippen molar-refractivity contribution in [1.82, 2.24) is 0 Å². The zero-order valence-electron chi connectivity index (χ0n) is 33.2. The molecule has 0 aromatic rings. The van der Waals surface area contributed by atoms with Gasteiger partial charge >= 0.3 is 0 Å². The molecule has 2 N–H and O–H groups in total. The van der Waals surface area contributed by atoms with Crippen LogP contribution in [0.5, 0.6) is 0 Å². The van der Waals surface area contributed by atoms with Gasteiger partial charge in [0.15, 0.2) is 11.6 Å². The fraction of sp³-hybridized carbons (Fsp3) is 0.698. The number of allylic oxidation sites excluding steroid dienone is 8. The molecule has 290 valence electrons. The lowest BCUT2D eigenvalue weighted by Gasteiger charge is -2.26. The van der Waals surface area contributed by atoms with E-state index in [0.29, 0.717) is 25.2 Å². The number of ether oxygens (including phenoxy) is 3. The molecule has 0 spiro atoms. The standard InChI is InChI=1S/C43H70O8/c1-31(28-34(4)39(45)26-17-16-23-37-24-19-25-38(30-37)49-7)29-41(51-9)42(46)33(3)21-14-12-10-11-13-20-32(2)40(50-8)27-18-15-22-35(5)43(47,48)36(6)44/h10-13,20,28,30,33-35,37,40-41,47-48H,14-19,21-27,29H2,1-9H3/b12-10+,13-11+,31-28+,32-20+/t33?,34-,35?,37?,40?,41?/m1/s1. The molecule has 0 radical (unpaired) electrons. The molecule has 8 heteroatoms. The van der Waals surface area contributed by atoms with Crippen molar-refractivity contribution < 1.29 is 38.8 Å². The number of rotatable bonds is 27. The van der Waals surface area contributed by atoms with E-state index in [-0.39, 0.29) is 29.5 Å². The maximum Gasteiger partial charge on any atom is 0.226 e. The summed E-state index contributed by atoms with van der Waals surface area (Å²) in [6, 6.07) is 0. The third-order valence-electron chi connectivity index (χ3n) is 10.4. The molecular formula is C43H70O8. The zero-order valence-corrected chi connectivity index (χ0v) is 33.2. The number of unbranched alkanes of at least 4 members (excludes halogenated alkanes) is 2. The van der Waals surface area contributed by atoms with Gasteiger partial charge in [0.2, 0.25) is 5.79 Å². The highest BCUT2D eigenvalue weighted by Crippen LogP contribution is 2.28. The first-order chi connectivity index (χ1) is 24.2. The molecule has 0 saturated carbocycles. The van der Waals surface area contributed by atoms with Crippen molar-refractivity contribution >= 4 is 17.3 Å². The van der Waals surface area contributed by atoms with Gasteiger partial charge in [-0.2, -0.15) is 0 Å². The lowest BCUT2D eigenvalue weighted by Crippen LogP contribution is -2.43. The second-order valence-corrected chi connectivity index (χ2v) is 14.7. The van der Waals surface area contributed by atoms with Crippen molar-refractivity contribution in [3.05, 3.63) is 59.4 Å². The zero-order chi connectivity index (χ0) is 38.4. The normalized spacial score (nSPS) is 19.1. The predicted octanol–water partition coefficient (Wildman–Crippen LogP) is 8.96. The Bertz CT molecular complexity index is 1210. The Morgan fingerprint density at radius 2 is 1.59 bits per heavy atom. The van der Waals surface area contributed by atoms with Gasteiger partial charge in [0.05, 0.1) is 19.0 Å². The molecule has 1 rings (SSSR count). The minimum absolute atomic E-state index is 0.0397. The van der Waals surface area contributed by atoms with Crippen LogP contribution in [0.4, 0.5) is 0 Å². The van der Waals surface area contributed by atoms with Crippen LogP contribution in [0.3, 0.4) is 0 Å². The SMILES string of the molecule is COC1=CC(CCCCC(=O)[C@H](C)/C=C(\C)CC(OC)C(=O)C(C)CC/C=C/C=C/C=C(\C)C(CCCCC(C)C(O)(O)C(C)=O)OC)CCC1. The van der Waals surface area contributed by atoms with Crippen molar-refractivity contribution in [3.8, 4) is 0 Å². The van der Waals surface area contributed by atoms with Crippen LogP contribution in [0.1, 0.15) is 131 Å². The van der Waals surface area contributed by atoms with Crippen molar-refractivity contribution in [2.75, 3.05) is 21.3 Å². The highest BCUT2D eigenvalue weighted by molar-refractivity contribution is 5.85. The van der Waals surface area contributed by atoms with Crippen molar-refractivity contribution in [2.24, 2.45) is 23.7 Å². The van der Waals surface area contributed by atoms with E-state index in [4.69, 9.17) is 14.2 Å². The number of hydrogen-bond acceptors (Lipinski definition) is 8. The quantitative estimate of drug-likeness (QED) is 0.0375. The number of carbonyl (C=O) groups excluding carboxylic acids is 3. The van der Waals surface area contributed by atoms with E-state index in [1.807, 2.05) is 58.1 Å². The molecule has 0 saturated heterocycles. The van der Waals surface area contributed by atoms with Gasteiger partial charge in [-0.25, -0.2) is 0 Å². The Morgan fingerprint density at radius 1 is 0.902 bits per heavy atom. The average molecular weight is 715 g/mol. The minimum atomic E-state index is -2.27. The van der Waals surface area contributed by atoms with Crippen LogP contribution in [-0.2, 0) is 28.6 Å². The Hall–Kier alpha value is -2.65. The molecule has 6 atom stereocenters. The van der Waals surface area contributed by atoms with E-state index in [9.17, 15) is 24.6 Å². The first-order valence-electron chi connectivity index (χ1n) is 19.2. The third kappa shape index (κ3) is 18.1. The second-order valence-electron chi connectivity index (χ2n) is 14.7. The first-order valence-corrected chi connectivity index (χ1v) is 19.2. The van der Waals surface area contributed by atoms with Crippen LogP contribution in [-0.4, -0.2) is 66.9 Å². The summed E-state index contributed by atoms with van der Waals surface area (Å²) in [7, 11) is 5.01. The number of Topliss-reactive ketones (excluding diaryl/α,β-unsaturated/α-hetero) is 3. The molecular weight excluding hydrogens is 644 g/mol. The third-order valence-corrected chi connectivity index (χ3v) is 10.4. The van der Waals surface area contributed by atoms with Crippen molar-refractivity contribution in [3.63, 3.8) is 0 Å². The lowest BCUT2D eigenvalue weighted by molar-refractivity contribution is -0.200. The molecule has 1 aliphatic carbocycles. The fourth-order valence-electron chi connectivity index (χ4n) is 6.70. The van der Waals surface area contributed by atoms with E-state index in [1.165, 1.54) is 19.8 Å². The molecule has 8 nitrogen and oxygen atoms in total. The number of ketones is 3. The molecule has 0 bridgehead atoms. The van der Waals surface area contributed by atoms with E-state index in [1.54, 1.807) is 28.3 Å². The summed E-state index contributed by atoms with van der Waals surface area (Å²) >= 11 is 0. The van der Waals surface area contributed by atoms with Gasteiger partial charge in [-0.05, 0) is 82.8 Å². The van der Waals surface area contributed by atoms with Crippen LogP contribution in [0, 0.1) is 23.7 Å². The van der Waals surface area contributed by atoms with Gasteiger partial charge < -0.3 is 24.4 Å². The van der Waals surface area contributed by atoms with Crippen molar-refractivity contribution in [2.45, 2.75) is 149 Å². The topological polar surface area (TPSA) is 119 Å². The summed E-state index contributed by atoms with van der Waals surface area (Å²) in [5.74, 6) is -1.74. The van der Waals surface area contributed by atoms with Crippen LogP contribution < -0.4 is 0 Å². The number of hydrogen-bond donors (Lipinski definition) is 2. The first kappa shape index (κ1) is 46.4. The predicted molar refractivity (Wildman–Crippen MR) is 206 cm³/mol. The molecule has 0 aromatic heterocycles. The second kappa shape index (κ2) is 25.3. The van der Waals surface area contributed by atoms with Gasteiger partial charge in [0.1, 0.15) is 11.9 Å². The summed E-state index contributed by atoms with van der Waals surface area (Å²) < 4.78 is 16.7. The van der Waals surface area contributed by atoms with E-state index >= 15 is 0 Å². The van der Waals surface area contributed by atoms with Gasteiger partial charge in [-0.1, -0.05) is 82.1 Å². The van der Waals surface area contributed by atoms with E-state index in [0.717, 1.165) is 74.7 Å². The number of aliphatic hydroxyl groups is 2. The number of carbonyl (C=O) groups is 3. The Balaban J connectivity index is 2.44. The summed E-state index contributed by atoms with van der Waals surface area (Å²) in [5, 5.41) is 19.8. The highest BCUT2D eigenvalue weighted by Gasteiger charge is 2.35. The summed E-state index contributed by atoms with van der Waals surface area (Å²) in [6.07, 6.45) is 25.7. The van der Waals surface area contributed by atoms with E-state index in [2.05, 4.69) is 12.2 Å². The molecule has 1 aliphatic rings. The van der Waals surface area contributed by atoms with Crippen LogP contribution in [0.15, 0.2) is 59.4 Å². The molecule has 0 heterocycles. The highest BCUT2D eigenvalue weighted by atomic mass is 16.5. The molecule has 5 unspecified atom stereocenters. The number of methoxy groups -OCH3 is 3. The summed E-state index contributed by atoms with van der Waals surface area (Å²) in [6.45, 7) is 10.8. The molecule has 0 aliphatic heterocycles. The molecule has 0 amide bonds. The molecule has 51 heavy (non-hydrogen) atoms. The maximum atomic E-state index is 13.2. The Labute approximate surface area is 309 Å². The maximum absolute atomic E-state index is 13.2. The largest absolute Gasteiger partial charge is 0.501 e. The summed E-state index contributed by atoms with van der Waals surface area (Å²) in [4.78, 5) is 37.4. The van der Waals surface area contributed by atoms with Crippen LogP contribution in [0.2, 0.25) is 0 Å². The van der Waals surface area contributed by atoms with Crippen LogP contribution >= 0.6 is 0 Å². The lowest BCUT2D eigenvalue weighted by atomic mass is 9.89. The molecule has 0 fully saturated rings. The molecule has 0 aromatic carbocycles. The Morgan fingerprint density at radius 3 is 2.24 bits per heavy atom. The van der Waals surface area contributed by atoms with Gasteiger partial charge in [-0.3, -0.25) is 14.4 Å². The van der Waals surface area contributed by atoms with Gasteiger partial charge in [0, 0.05) is 58.2 Å². The average Bonchev–Trinajstić information content (AvgIpc) is 3.11. The summed E-state index contributed by atoms with van der Waals surface area (Å²) in [5.41, 5.74) is 2.10. The fourth-order valence-corrected chi connectivity index (χ4v) is 6.70. The van der Waals surface area contributed by atoms with E-state index < -0.39 is 23.6 Å². The van der Waals surface area contributed by atoms with Crippen LogP contribution in [0.25, 0.3) is 0 Å². The van der Waals surface area contributed by atoms with Crippen molar-refractivity contribution in [1.29, 1.82) is 0 Å².